The van der Waals surface area contributed by atoms with Crippen LogP contribution < -0.4 is 4.74 Å². The van der Waals surface area contributed by atoms with E-state index in [4.69, 9.17) is 9.47 Å². The molecule has 1 fully saturated rings. The number of nitriles is 1. The summed E-state index contributed by atoms with van der Waals surface area (Å²) in [6, 6.07) is 7.55. The maximum absolute atomic E-state index is 13.8. The molecule has 1 heterocycles. The van der Waals surface area contributed by atoms with Gasteiger partial charge < -0.3 is 9.47 Å². The number of benzene rings is 1. The van der Waals surface area contributed by atoms with Crippen molar-refractivity contribution in [1.82, 2.24) is 9.97 Å². The number of aryl methyl sites for hydroxylation is 1. The van der Waals surface area contributed by atoms with Crippen LogP contribution >= 0.6 is 0 Å². The van der Waals surface area contributed by atoms with Crippen LogP contribution in [0.25, 0.3) is 11.4 Å². The number of alkyl halides is 1. The van der Waals surface area contributed by atoms with Gasteiger partial charge in [-0.05, 0) is 68.7 Å². The van der Waals surface area contributed by atoms with Crippen molar-refractivity contribution in [3.63, 3.8) is 0 Å². The van der Waals surface area contributed by atoms with E-state index in [0.29, 0.717) is 48.9 Å². The van der Waals surface area contributed by atoms with E-state index < -0.39 is 12.1 Å². The average Bonchev–Trinajstić information content (AvgIpc) is 2.82. The Balaban J connectivity index is 1.49. The van der Waals surface area contributed by atoms with Crippen LogP contribution in [0.1, 0.15) is 63.0 Å². The summed E-state index contributed by atoms with van der Waals surface area (Å²) in [6.07, 6.45) is 6.59. The Bertz CT molecular complexity index is 934. The van der Waals surface area contributed by atoms with Gasteiger partial charge in [0, 0.05) is 18.0 Å². The highest BCUT2D eigenvalue weighted by molar-refractivity contribution is 5.74. The summed E-state index contributed by atoms with van der Waals surface area (Å²) in [5, 5.41) is 9.54. The summed E-state index contributed by atoms with van der Waals surface area (Å²) in [5.41, 5.74) is 2.18. The Kier molecular flexibility index (Phi) is 8.55. The third-order valence-electron chi connectivity index (χ3n) is 5.76. The van der Waals surface area contributed by atoms with Crippen LogP contribution in [0.2, 0.25) is 0 Å². The molecule has 0 unspecified atom stereocenters. The van der Waals surface area contributed by atoms with Crippen LogP contribution in [0.4, 0.5) is 4.39 Å². The Labute approximate surface area is 188 Å². The minimum atomic E-state index is -1.52. The summed E-state index contributed by atoms with van der Waals surface area (Å²) in [6.45, 7) is 4.37. The van der Waals surface area contributed by atoms with Crippen LogP contribution in [-0.4, -0.2) is 34.8 Å². The van der Waals surface area contributed by atoms with Crippen molar-refractivity contribution in [2.75, 3.05) is 6.61 Å². The molecule has 1 saturated carbocycles. The quantitative estimate of drug-likeness (QED) is 0.491. The first-order valence-corrected chi connectivity index (χ1v) is 11.3. The molecule has 0 aliphatic heterocycles. The second kappa shape index (κ2) is 11.6. The van der Waals surface area contributed by atoms with Gasteiger partial charge in [0.05, 0.1) is 12.2 Å². The summed E-state index contributed by atoms with van der Waals surface area (Å²) < 4.78 is 25.1. The molecule has 0 spiro atoms. The van der Waals surface area contributed by atoms with Crippen molar-refractivity contribution in [2.24, 2.45) is 5.92 Å². The lowest BCUT2D eigenvalue weighted by atomic mass is 9.88. The highest BCUT2D eigenvalue weighted by Crippen LogP contribution is 2.29. The van der Waals surface area contributed by atoms with E-state index in [-0.39, 0.29) is 12.5 Å². The molecular weight excluding hydrogens is 409 g/mol. The molecule has 3 rings (SSSR count). The number of carbonyl (C=O) groups is 1. The number of nitrogens with zero attached hydrogens (tertiary/aromatic N) is 3. The number of carbonyl (C=O) groups excluding carboxylic acids is 1. The second-order valence-corrected chi connectivity index (χ2v) is 8.41. The lowest BCUT2D eigenvalue weighted by molar-refractivity contribution is -0.157. The highest BCUT2D eigenvalue weighted by Gasteiger charge is 2.27. The number of hydrogen-bond acceptors (Lipinski definition) is 6. The molecule has 2 aromatic rings. The molecule has 1 aliphatic rings. The fourth-order valence-electron chi connectivity index (χ4n) is 3.79. The number of unbranched alkanes of at least 4 members (excludes halogenated alkanes) is 1. The standard InChI is InChI=1S/C25H30FN3O3/c1-3-4-5-22(26)25(30)32-21-9-6-18(7-10-21)16-31-23-11-8-19(12-20(23)13-27)24-28-14-17(2)15-29-24/h8,11-12,14-15,18,21-22H,3-7,9-10,16H2,1-2H3/t18-,21-,22-/m0/s1. The van der Waals surface area contributed by atoms with Crippen molar-refractivity contribution in [3.05, 3.63) is 41.7 Å². The number of halogens is 1. The van der Waals surface area contributed by atoms with Crippen LogP contribution in [0.3, 0.4) is 0 Å². The van der Waals surface area contributed by atoms with Gasteiger partial charge in [-0.3, -0.25) is 0 Å². The number of esters is 1. The SMILES string of the molecule is CCCC[C@H](F)C(=O)O[C@H]1CC[C@H](COc2ccc(-c3ncc(C)cn3)cc2C#N)CC1. The van der Waals surface area contributed by atoms with Crippen LogP contribution in [0, 0.1) is 24.2 Å². The second-order valence-electron chi connectivity index (χ2n) is 8.41. The normalized spacial score (nSPS) is 19.1. The summed E-state index contributed by atoms with van der Waals surface area (Å²) in [4.78, 5) is 20.5. The number of aromatic nitrogens is 2. The maximum Gasteiger partial charge on any atom is 0.340 e. The molecule has 6 nitrogen and oxygen atoms in total. The van der Waals surface area contributed by atoms with Crippen molar-refractivity contribution in [3.8, 4) is 23.2 Å². The molecule has 1 aliphatic carbocycles. The molecule has 32 heavy (non-hydrogen) atoms. The molecule has 1 aromatic carbocycles. The topological polar surface area (TPSA) is 85.1 Å². The first kappa shape index (κ1) is 23.6. The van der Waals surface area contributed by atoms with Crippen molar-refractivity contribution in [1.29, 1.82) is 5.26 Å². The van der Waals surface area contributed by atoms with E-state index in [9.17, 15) is 14.4 Å². The maximum atomic E-state index is 13.8. The average molecular weight is 440 g/mol. The van der Waals surface area contributed by atoms with Gasteiger partial charge in [0.25, 0.3) is 0 Å². The monoisotopic (exact) mass is 439 g/mol. The smallest absolute Gasteiger partial charge is 0.340 e. The van der Waals surface area contributed by atoms with Crippen molar-refractivity contribution < 1.29 is 18.7 Å². The van der Waals surface area contributed by atoms with Crippen molar-refractivity contribution in [2.45, 2.75) is 71.1 Å². The highest BCUT2D eigenvalue weighted by atomic mass is 19.1. The lowest BCUT2D eigenvalue weighted by Crippen LogP contribution is -2.30. The van der Waals surface area contributed by atoms with E-state index in [1.54, 1.807) is 24.5 Å². The molecule has 1 aromatic heterocycles. The molecule has 0 N–H and O–H groups in total. The van der Waals surface area contributed by atoms with Gasteiger partial charge in [-0.15, -0.1) is 0 Å². The zero-order valence-electron chi connectivity index (χ0n) is 18.7. The predicted octanol–water partition coefficient (Wildman–Crippen LogP) is 5.33. The fraction of sp³-hybridized carbons (Fsp3) is 0.520. The van der Waals surface area contributed by atoms with E-state index in [1.807, 2.05) is 19.9 Å². The zero-order valence-corrected chi connectivity index (χ0v) is 18.7. The van der Waals surface area contributed by atoms with Gasteiger partial charge >= 0.3 is 5.97 Å². The summed E-state index contributed by atoms with van der Waals surface area (Å²) in [7, 11) is 0. The zero-order chi connectivity index (χ0) is 22.9. The van der Waals surface area contributed by atoms with E-state index in [2.05, 4.69) is 16.0 Å². The van der Waals surface area contributed by atoms with Crippen LogP contribution in [0.5, 0.6) is 5.75 Å². The third kappa shape index (κ3) is 6.49. The molecular formula is C25H30FN3O3. The van der Waals surface area contributed by atoms with Gasteiger partial charge in [0.2, 0.25) is 0 Å². The van der Waals surface area contributed by atoms with Gasteiger partial charge in [-0.1, -0.05) is 19.8 Å². The van der Waals surface area contributed by atoms with Crippen LogP contribution in [-0.2, 0) is 9.53 Å². The first-order chi connectivity index (χ1) is 15.5. The molecule has 7 heteroatoms. The van der Waals surface area contributed by atoms with E-state index in [0.717, 1.165) is 30.4 Å². The Hall–Kier alpha value is -3.01. The lowest BCUT2D eigenvalue weighted by Gasteiger charge is -2.28. The minimum Gasteiger partial charge on any atom is -0.492 e. The third-order valence-corrected chi connectivity index (χ3v) is 5.76. The largest absolute Gasteiger partial charge is 0.492 e. The van der Waals surface area contributed by atoms with Gasteiger partial charge in [-0.2, -0.15) is 5.26 Å². The molecule has 0 amide bonds. The Morgan fingerprint density at radius 3 is 2.62 bits per heavy atom. The minimum absolute atomic E-state index is 0.220. The van der Waals surface area contributed by atoms with Gasteiger partial charge in [0.1, 0.15) is 17.9 Å². The number of rotatable bonds is 9. The Morgan fingerprint density at radius 2 is 1.97 bits per heavy atom. The predicted molar refractivity (Wildman–Crippen MR) is 119 cm³/mol. The van der Waals surface area contributed by atoms with E-state index >= 15 is 0 Å². The first-order valence-electron chi connectivity index (χ1n) is 11.3. The van der Waals surface area contributed by atoms with E-state index in [1.165, 1.54) is 0 Å². The molecule has 1 atom stereocenters. The molecule has 0 radical (unpaired) electrons. The molecule has 170 valence electrons. The van der Waals surface area contributed by atoms with Crippen molar-refractivity contribution >= 4 is 5.97 Å². The number of hydrogen-bond donors (Lipinski definition) is 0. The fourth-order valence-corrected chi connectivity index (χ4v) is 3.79. The van der Waals surface area contributed by atoms with Gasteiger partial charge in [-0.25, -0.2) is 19.2 Å². The van der Waals surface area contributed by atoms with Gasteiger partial charge in [0.15, 0.2) is 12.0 Å². The summed E-state index contributed by atoms with van der Waals surface area (Å²) >= 11 is 0. The Morgan fingerprint density at radius 1 is 1.25 bits per heavy atom. The summed E-state index contributed by atoms with van der Waals surface area (Å²) in [5.74, 6) is 0.678. The molecule has 0 bridgehead atoms. The number of ether oxygens (including phenoxy) is 2. The van der Waals surface area contributed by atoms with Crippen LogP contribution in [0.15, 0.2) is 30.6 Å². The molecule has 0 saturated heterocycles.